The molecule has 4 rings (SSSR count). The van der Waals surface area contributed by atoms with E-state index in [-0.39, 0.29) is 5.78 Å². The highest BCUT2D eigenvalue weighted by atomic mass is 32.2. The summed E-state index contributed by atoms with van der Waals surface area (Å²) in [6.07, 6.45) is 8.42. The lowest BCUT2D eigenvalue weighted by atomic mass is 9.85. The summed E-state index contributed by atoms with van der Waals surface area (Å²) in [7, 11) is 0. The maximum atomic E-state index is 12.9. The predicted molar refractivity (Wildman–Crippen MR) is 121 cm³/mol. The number of pyridine rings is 1. The van der Waals surface area contributed by atoms with E-state index in [1.165, 1.54) is 36.6 Å². The number of benzene rings is 1. The molecule has 0 saturated heterocycles. The second-order valence-corrected chi connectivity index (χ2v) is 9.22. The number of Topliss-reactive ketones (excluding diaryl/α,β-unsaturated/α-hetero) is 1. The van der Waals surface area contributed by atoms with E-state index in [9.17, 15) is 4.79 Å². The molecule has 5 nitrogen and oxygen atoms in total. The number of rotatable bonds is 6. The second kappa shape index (κ2) is 9.13. The van der Waals surface area contributed by atoms with Crippen molar-refractivity contribution < 1.29 is 4.79 Å². The van der Waals surface area contributed by atoms with Gasteiger partial charge >= 0.3 is 0 Å². The van der Waals surface area contributed by atoms with Crippen LogP contribution in [0.25, 0.3) is 11.4 Å². The van der Waals surface area contributed by atoms with Crippen LogP contribution in [0.2, 0.25) is 0 Å². The van der Waals surface area contributed by atoms with Gasteiger partial charge < -0.3 is 0 Å². The Morgan fingerprint density at radius 1 is 1.17 bits per heavy atom. The second-order valence-electron chi connectivity index (χ2n) is 8.28. The summed E-state index contributed by atoms with van der Waals surface area (Å²) >= 11 is 1.49. The number of hydrogen-bond acceptors (Lipinski definition) is 5. The maximum Gasteiger partial charge on any atom is 0.192 e. The van der Waals surface area contributed by atoms with Crippen molar-refractivity contribution in [1.29, 1.82) is 0 Å². The molecule has 3 aromatic rings. The molecule has 0 spiro atoms. The molecule has 1 aliphatic carbocycles. The van der Waals surface area contributed by atoms with Crippen molar-refractivity contribution in [2.45, 2.75) is 57.7 Å². The Morgan fingerprint density at radius 2 is 2.00 bits per heavy atom. The van der Waals surface area contributed by atoms with Crippen LogP contribution in [0.4, 0.5) is 0 Å². The summed E-state index contributed by atoms with van der Waals surface area (Å²) in [6.45, 7) is 6.35. The van der Waals surface area contributed by atoms with E-state index in [2.05, 4.69) is 32.7 Å². The van der Waals surface area contributed by atoms with Gasteiger partial charge in [-0.05, 0) is 50.3 Å². The van der Waals surface area contributed by atoms with Gasteiger partial charge in [-0.2, -0.15) is 0 Å². The average Bonchev–Trinajstić information content (AvgIpc) is 3.16. The average molecular weight is 421 g/mol. The van der Waals surface area contributed by atoms with Gasteiger partial charge in [0.25, 0.3) is 0 Å². The highest BCUT2D eigenvalue weighted by Crippen LogP contribution is 2.39. The fourth-order valence-electron chi connectivity index (χ4n) is 4.38. The largest absolute Gasteiger partial charge is 0.299 e. The Labute approximate surface area is 182 Å². The van der Waals surface area contributed by atoms with Crippen LogP contribution in [-0.2, 0) is 0 Å². The Hall–Kier alpha value is -2.47. The maximum absolute atomic E-state index is 12.9. The molecule has 0 amide bonds. The standard InChI is InChI=1S/C24H28N4OS/c1-16-10-11-20(18(3)13-16)22(29)15-30-24-27-26-23(19-8-6-12-25-14-19)28(24)21-9-5-4-7-17(21)2/h6,8,10-14,17,21H,4-5,7,9,15H2,1-3H3/t17-,21-/m0/s1. The van der Waals surface area contributed by atoms with Gasteiger partial charge in [0, 0.05) is 29.6 Å². The van der Waals surface area contributed by atoms with Gasteiger partial charge in [0.05, 0.1) is 5.75 Å². The number of thioether (sulfide) groups is 1. The van der Waals surface area contributed by atoms with Crippen LogP contribution in [0.1, 0.15) is 60.1 Å². The van der Waals surface area contributed by atoms with Gasteiger partial charge in [0.2, 0.25) is 0 Å². The zero-order chi connectivity index (χ0) is 21.1. The monoisotopic (exact) mass is 420 g/mol. The van der Waals surface area contributed by atoms with Crippen molar-refractivity contribution in [3.63, 3.8) is 0 Å². The van der Waals surface area contributed by atoms with Crippen molar-refractivity contribution in [1.82, 2.24) is 19.7 Å². The molecule has 2 atom stereocenters. The summed E-state index contributed by atoms with van der Waals surface area (Å²) in [4.78, 5) is 17.2. The molecule has 0 unspecified atom stereocenters. The van der Waals surface area contributed by atoms with Crippen LogP contribution < -0.4 is 0 Å². The predicted octanol–water partition coefficient (Wildman–Crippen LogP) is 5.68. The number of hydrogen-bond donors (Lipinski definition) is 0. The third kappa shape index (κ3) is 4.33. The van der Waals surface area contributed by atoms with E-state index >= 15 is 0 Å². The molecule has 0 N–H and O–H groups in total. The van der Waals surface area contributed by atoms with E-state index in [1.54, 1.807) is 6.20 Å². The fraction of sp³-hybridized carbons (Fsp3) is 0.417. The lowest BCUT2D eigenvalue weighted by molar-refractivity contribution is 0.102. The Kier molecular flexibility index (Phi) is 6.32. The zero-order valence-corrected chi connectivity index (χ0v) is 18.7. The smallest absolute Gasteiger partial charge is 0.192 e. The Balaban J connectivity index is 1.62. The van der Waals surface area contributed by atoms with E-state index < -0.39 is 0 Å². The van der Waals surface area contributed by atoms with Crippen LogP contribution >= 0.6 is 11.8 Å². The van der Waals surface area contributed by atoms with Crippen molar-refractivity contribution in [3.05, 3.63) is 59.4 Å². The van der Waals surface area contributed by atoms with Crippen LogP contribution in [-0.4, -0.2) is 31.3 Å². The molecule has 1 aliphatic rings. The Bertz CT molecular complexity index is 1030. The molecular weight excluding hydrogens is 392 g/mol. The van der Waals surface area contributed by atoms with Gasteiger partial charge in [0.1, 0.15) is 0 Å². The number of carbonyl (C=O) groups is 1. The minimum absolute atomic E-state index is 0.131. The number of aryl methyl sites for hydroxylation is 2. The zero-order valence-electron chi connectivity index (χ0n) is 17.8. The summed E-state index contributed by atoms with van der Waals surface area (Å²) < 4.78 is 2.26. The quantitative estimate of drug-likeness (QED) is 0.379. The summed E-state index contributed by atoms with van der Waals surface area (Å²) in [6, 6.07) is 10.3. The Morgan fingerprint density at radius 3 is 2.73 bits per heavy atom. The lowest BCUT2D eigenvalue weighted by Gasteiger charge is -2.31. The first-order valence-electron chi connectivity index (χ1n) is 10.6. The number of carbonyl (C=O) groups excluding carboxylic acids is 1. The topological polar surface area (TPSA) is 60.7 Å². The third-order valence-electron chi connectivity index (χ3n) is 6.00. The first-order valence-corrected chi connectivity index (χ1v) is 11.6. The minimum atomic E-state index is 0.131. The number of ketones is 1. The SMILES string of the molecule is Cc1ccc(C(=O)CSc2nnc(-c3cccnc3)n2[C@H]2CCCC[C@@H]2C)c(C)c1. The first kappa shape index (κ1) is 20.8. The van der Waals surface area contributed by atoms with E-state index in [1.807, 2.05) is 44.3 Å². The molecule has 0 bridgehead atoms. The van der Waals surface area contributed by atoms with Gasteiger partial charge in [-0.1, -0.05) is 55.3 Å². The molecule has 2 aromatic heterocycles. The number of nitrogens with zero attached hydrogens (tertiary/aromatic N) is 4. The first-order chi connectivity index (χ1) is 14.5. The molecular formula is C24H28N4OS. The molecule has 156 valence electrons. The molecule has 0 radical (unpaired) electrons. The van der Waals surface area contributed by atoms with Crippen molar-refractivity contribution >= 4 is 17.5 Å². The summed E-state index contributed by atoms with van der Waals surface area (Å²) in [5.74, 6) is 1.89. The van der Waals surface area contributed by atoms with E-state index in [0.717, 1.165) is 34.1 Å². The molecule has 1 saturated carbocycles. The van der Waals surface area contributed by atoms with Gasteiger partial charge in [0.15, 0.2) is 16.8 Å². The molecule has 30 heavy (non-hydrogen) atoms. The van der Waals surface area contributed by atoms with Crippen molar-refractivity contribution in [2.75, 3.05) is 5.75 Å². The van der Waals surface area contributed by atoms with Crippen LogP contribution in [0.3, 0.4) is 0 Å². The molecule has 0 aliphatic heterocycles. The normalized spacial score (nSPS) is 19.0. The fourth-order valence-corrected chi connectivity index (χ4v) is 5.26. The van der Waals surface area contributed by atoms with Crippen LogP contribution in [0.5, 0.6) is 0 Å². The highest BCUT2D eigenvalue weighted by Gasteiger charge is 2.29. The van der Waals surface area contributed by atoms with Gasteiger partial charge in [-0.25, -0.2) is 0 Å². The molecule has 2 heterocycles. The van der Waals surface area contributed by atoms with Crippen LogP contribution in [0.15, 0.2) is 47.9 Å². The van der Waals surface area contributed by atoms with Crippen molar-refractivity contribution in [3.8, 4) is 11.4 Å². The van der Waals surface area contributed by atoms with E-state index in [4.69, 9.17) is 0 Å². The van der Waals surface area contributed by atoms with E-state index in [0.29, 0.717) is 17.7 Å². The number of aromatic nitrogens is 4. The molecule has 1 aromatic carbocycles. The molecule has 6 heteroatoms. The summed E-state index contributed by atoms with van der Waals surface area (Å²) in [5, 5.41) is 9.84. The highest BCUT2D eigenvalue weighted by molar-refractivity contribution is 7.99. The third-order valence-corrected chi connectivity index (χ3v) is 6.94. The van der Waals surface area contributed by atoms with Crippen LogP contribution in [0, 0.1) is 19.8 Å². The van der Waals surface area contributed by atoms with Crippen molar-refractivity contribution in [2.24, 2.45) is 5.92 Å². The van der Waals surface area contributed by atoms with Gasteiger partial charge in [-0.15, -0.1) is 10.2 Å². The summed E-state index contributed by atoms with van der Waals surface area (Å²) in [5.41, 5.74) is 3.95. The minimum Gasteiger partial charge on any atom is -0.299 e. The molecule has 1 fully saturated rings. The lowest BCUT2D eigenvalue weighted by Crippen LogP contribution is -2.22. The van der Waals surface area contributed by atoms with Gasteiger partial charge in [-0.3, -0.25) is 14.3 Å².